The average Bonchev–Trinajstić information content (AvgIpc) is 1.66. The lowest BCUT2D eigenvalue weighted by atomic mass is 10.5. The molecule has 1 N–H and O–H groups in total. The van der Waals surface area contributed by atoms with Crippen molar-refractivity contribution in [3.05, 3.63) is 12.3 Å². The van der Waals surface area contributed by atoms with Crippen LogP contribution in [-0.2, 0) is 0 Å². The summed E-state index contributed by atoms with van der Waals surface area (Å²) < 4.78 is 0. The molecule has 0 spiro atoms. The van der Waals surface area contributed by atoms with Gasteiger partial charge < -0.3 is 5.32 Å². The van der Waals surface area contributed by atoms with E-state index in [2.05, 4.69) is 18.2 Å². The molecule has 0 aromatic carbocycles. The SMILES string of the molecule is C=C(C)NCCSC. The molecule has 1 nitrogen and oxygen atoms in total. The van der Waals surface area contributed by atoms with Gasteiger partial charge in [0.1, 0.15) is 0 Å². The monoisotopic (exact) mass is 131 g/mol. The van der Waals surface area contributed by atoms with Gasteiger partial charge in [0.15, 0.2) is 0 Å². The summed E-state index contributed by atoms with van der Waals surface area (Å²) >= 11 is 1.84. The third-order valence-electron chi connectivity index (χ3n) is 0.733. The topological polar surface area (TPSA) is 12.0 Å². The van der Waals surface area contributed by atoms with Crippen LogP contribution in [0, 0.1) is 0 Å². The summed E-state index contributed by atoms with van der Waals surface area (Å²) in [6, 6.07) is 0. The lowest BCUT2D eigenvalue weighted by Crippen LogP contribution is -2.13. The summed E-state index contributed by atoms with van der Waals surface area (Å²) in [5, 5.41) is 3.13. The fourth-order valence-corrected chi connectivity index (χ4v) is 0.673. The van der Waals surface area contributed by atoms with Crippen LogP contribution < -0.4 is 5.32 Å². The molecule has 0 aromatic rings. The van der Waals surface area contributed by atoms with Crippen molar-refractivity contribution >= 4 is 11.8 Å². The van der Waals surface area contributed by atoms with Crippen LogP contribution in [0.5, 0.6) is 0 Å². The smallest absolute Gasteiger partial charge is 0.0234 e. The minimum atomic E-state index is 1.04. The highest BCUT2D eigenvalue weighted by Gasteiger charge is 1.80. The molecule has 0 aliphatic carbocycles. The second-order valence-electron chi connectivity index (χ2n) is 1.70. The molecule has 0 fully saturated rings. The van der Waals surface area contributed by atoms with Gasteiger partial charge in [0, 0.05) is 18.0 Å². The molecule has 0 rings (SSSR count). The third-order valence-corrected chi connectivity index (χ3v) is 1.35. The van der Waals surface area contributed by atoms with Gasteiger partial charge in [-0.05, 0) is 13.2 Å². The van der Waals surface area contributed by atoms with Crippen molar-refractivity contribution in [1.82, 2.24) is 5.32 Å². The Morgan fingerprint density at radius 3 is 2.75 bits per heavy atom. The Balaban J connectivity index is 2.82. The first kappa shape index (κ1) is 7.89. The zero-order valence-electron chi connectivity index (χ0n) is 5.53. The number of rotatable bonds is 4. The normalized spacial score (nSPS) is 8.75. The zero-order valence-corrected chi connectivity index (χ0v) is 6.35. The van der Waals surface area contributed by atoms with Gasteiger partial charge in [-0.15, -0.1) is 0 Å². The first-order chi connectivity index (χ1) is 3.77. The Labute approximate surface area is 55.5 Å². The molecule has 0 aliphatic rings. The summed E-state index contributed by atoms with van der Waals surface area (Å²) in [5.74, 6) is 1.16. The van der Waals surface area contributed by atoms with Crippen LogP contribution in [0.15, 0.2) is 12.3 Å². The molecule has 0 heterocycles. The molecular formula is C6H13NS. The van der Waals surface area contributed by atoms with Crippen molar-refractivity contribution in [2.24, 2.45) is 0 Å². The van der Waals surface area contributed by atoms with E-state index in [1.165, 1.54) is 0 Å². The molecule has 48 valence electrons. The van der Waals surface area contributed by atoms with Gasteiger partial charge in [-0.3, -0.25) is 0 Å². The van der Waals surface area contributed by atoms with Gasteiger partial charge in [-0.2, -0.15) is 11.8 Å². The largest absolute Gasteiger partial charge is 0.388 e. The van der Waals surface area contributed by atoms with Crippen molar-refractivity contribution < 1.29 is 0 Å². The predicted octanol–water partition coefficient (Wildman–Crippen LogP) is 1.47. The van der Waals surface area contributed by atoms with E-state index in [4.69, 9.17) is 0 Å². The summed E-state index contributed by atoms with van der Waals surface area (Å²) in [6.45, 7) is 6.72. The van der Waals surface area contributed by atoms with E-state index in [-0.39, 0.29) is 0 Å². The van der Waals surface area contributed by atoms with Crippen LogP contribution in [0.3, 0.4) is 0 Å². The van der Waals surface area contributed by atoms with Gasteiger partial charge >= 0.3 is 0 Å². The van der Waals surface area contributed by atoms with Crippen molar-refractivity contribution in [3.8, 4) is 0 Å². The van der Waals surface area contributed by atoms with Crippen molar-refractivity contribution in [3.63, 3.8) is 0 Å². The fourth-order valence-electron chi connectivity index (χ4n) is 0.366. The van der Waals surface area contributed by atoms with Crippen LogP contribution >= 0.6 is 11.8 Å². The fraction of sp³-hybridized carbons (Fsp3) is 0.667. The number of hydrogen-bond donors (Lipinski definition) is 1. The number of nitrogens with one attached hydrogen (secondary N) is 1. The van der Waals surface area contributed by atoms with Gasteiger partial charge in [0.05, 0.1) is 0 Å². The van der Waals surface area contributed by atoms with Crippen LogP contribution in [0.1, 0.15) is 6.92 Å². The maximum Gasteiger partial charge on any atom is 0.0234 e. The standard InChI is InChI=1S/C6H13NS/c1-6(2)7-4-5-8-3/h7H,1,4-5H2,2-3H3. The Morgan fingerprint density at radius 2 is 2.38 bits per heavy atom. The summed E-state index contributed by atoms with van der Waals surface area (Å²) in [5.41, 5.74) is 1.05. The number of thioether (sulfide) groups is 1. The molecular weight excluding hydrogens is 118 g/mol. The Bertz CT molecular complexity index is 70.9. The molecule has 2 heteroatoms. The molecule has 8 heavy (non-hydrogen) atoms. The number of allylic oxidation sites excluding steroid dienone is 1. The molecule has 0 aromatic heterocycles. The second kappa shape index (κ2) is 5.04. The number of hydrogen-bond acceptors (Lipinski definition) is 2. The minimum Gasteiger partial charge on any atom is -0.388 e. The molecule has 0 amide bonds. The first-order valence-corrected chi connectivity index (χ1v) is 4.05. The lowest BCUT2D eigenvalue weighted by molar-refractivity contribution is 0.867. The maximum absolute atomic E-state index is 3.71. The highest BCUT2D eigenvalue weighted by atomic mass is 32.2. The van der Waals surface area contributed by atoms with E-state index in [0.717, 1.165) is 18.0 Å². The highest BCUT2D eigenvalue weighted by Crippen LogP contribution is 1.88. The van der Waals surface area contributed by atoms with Crippen molar-refractivity contribution in [2.75, 3.05) is 18.6 Å². The second-order valence-corrected chi connectivity index (χ2v) is 2.69. The Hall–Kier alpha value is -0.110. The van der Waals surface area contributed by atoms with Crippen LogP contribution in [0.25, 0.3) is 0 Å². The Kier molecular flexibility index (Phi) is 4.97. The molecule has 0 saturated carbocycles. The summed E-state index contributed by atoms with van der Waals surface area (Å²) in [7, 11) is 0. The zero-order chi connectivity index (χ0) is 6.41. The molecule has 0 unspecified atom stereocenters. The molecule has 0 atom stereocenters. The third kappa shape index (κ3) is 5.89. The lowest BCUT2D eigenvalue weighted by Gasteiger charge is -2.00. The van der Waals surface area contributed by atoms with Gasteiger partial charge in [0.25, 0.3) is 0 Å². The van der Waals surface area contributed by atoms with Gasteiger partial charge in [-0.1, -0.05) is 6.58 Å². The van der Waals surface area contributed by atoms with Crippen LogP contribution in [0.2, 0.25) is 0 Å². The predicted molar refractivity (Wildman–Crippen MR) is 41.2 cm³/mol. The average molecular weight is 131 g/mol. The van der Waals surface area contributed by atoms with Crippen molar-refractivity contribution in [1.29, 1.82) is 0 Å². The quantitative estimate of drug-likeness (QED) is 0.580. The van der Waals surface area contributed by atoms with Crippen LogP contribution in [0.4, 0.5) is 0 Å². The van der Waals surface area contributed by atoms with E-state index >= 15 is 0 Å². The van der Waals surface area contributed by atoms with Gasteiger partial charge in [-0.25, -0.2) is 0 Å². The molecule has 0 aliphatic heterocycles. The Morgan fingerprint density at radius 1 is 1.75 bits per heavy atom. The molecule has 0 radical (unpaired) electrons. The maximum atomic E-state index is 3.71. The molecule has 0 saturated heterocycles. The van der Waals surface area contributed by atoms with E-state index < -0.39 is 0 Å². The minimum absolute atomic E-state index is 1.04. The van der Waals surface area contributed by atoms with Gasteiger partial charge in [0.2, 0.25) is 0 Å². The molecule has 0 bridgehead atoms. The van der Waals surface area contributed by atoms with E-state index in [9.17, 15) is 0 Å². The summed E-state index contributed by atoms with van der Waals surface area (Å²) in [6.07, 6.45) is 2.10. The van der Waals surface area contributed by atoms with E-state index in [1.54, 1.807) is 0 Å². The van der Waals surface area contributed by atoms with Crippen LogP contribution in [-0.4, -0.2) is 18.6 Å². The van der Waals surface area contributed by atoms with E-state index in [0.29, 0.717) is 0 Å². The summed E-state index contributed by atoms with van der Waals surface area (Å²) in [4.78, 5) is 0. The van der Waals surface area contributed by atoms with Crippen molar-refractivity contribution in [2.45, 2.75) is 6.92 Å². The van der Waals surface area contributed by atoms with E-state index in [1.807, 2.05) is 18.7 Å². The first-order valence-electron chi connectivity index (χ1n) is 2.65. The highest BCUT2D eigenvalue weighted by molar-refractivity contribution is 7.98.